The van der Waals surface area contributed by atoms with Crippen molar-refractivity contribution < 1.29 is 0 Å². The van der Waals surface area contributed by atoms with Gasteiger partial charge < -0.3 is 4.90 Å². The molecule has 0 bridgehead atoms. The Hall–Kier alpha value is 0.250. The monoisotopic (exact) mass is 163 g/mol. The summed E-state index contributed by atoms with van der Waals surface area (Å²) in [7, 11) is 0. The summed E-state index contributed by atoms with van der Waals surface area (Å²) in [5, 5.41) is 0. The average Bonchev–Trinajstić information content (AvgIpc) is 1.88. The van der Waals surface area contributed by atoms with Crippen LogP contribution in [0.4, 0.5) is 0 Å². The zero-order valence-corrected chi connectivity index (χ0v) is 7.78. The summed E-state index contributed by atoms with van der Waals surface area (Å²) >= 11 is 0. The van der Waals surface area contributed by atoms with Crippen molar-refractivity contribution >= 4 is 12.4 Å². The predicted molar refractivity (Wildman–Crippen MR) is 47.8 cm³/mol. The van der Waals surface area contributed by atoms with E-state index in [4.69, 9.17) is 0 Å². The van der Waals surface area contributed by atoms with Crippen LogP contribution in [0.1, 0.15) is 26.7 Å². The van der Waals surface area contributed by atoms with Crippen molar-refractivity contribution in [3.05, 3.63) is 0 Å². The van der Waals surface area contributed by atoms with E-state index in [1.54, 1.807) is 0 Å². The number of likely N-dealkylation sites (tertiary alicyclic amines) is 1. The minimum atomic E-state index is 0. The Bertz CT molecular complexity index is 85.3. The number of piperidine rings is 1. The first kappa shape index (κ1) is 10.2. The van der Waals surface area contributed by atoms with Crippen molar-refractivity contribution in [3.8, 4) is 0 Å². The summed E-state index contributed by atoms with van der Waals surface area (Å²) < 4.78 is 0. The van der Waals surface area contributed by atoms with Crippen LogP contribution < -0.4 is 0 Å². The highest BCUT2D eigenvalue weighted by atomic mass is 35.5. The van der Waals surface area contributed by atoms with Gasteiger partial charge in [0, 0.05) is 6.54 Å². The van der Waals surface area contributed by atoms with Crippen LogP contribution in [0.5, 0.6) is 0 Å². The van der Waals surface area contributed by atoms with Crippen LogP contribution in [0.25, 0.3) is 0 Å². The summed E-state index contributed by atoms with van der Waals surface area (Å²) in [6, 6.07) is 0. The van der Waals surface area contributed by atoms with Crippen molar-refractivity contribution in [3.63, 3.8) is 0 Å². The van der Waals surface area contributed by atoms with E-state index in [2.05, 4.69) is 18.7 Å². The van der Waals surface area contributed by atoms with Crippen LogP contribution in [-0.2, 0) is 0 Å². The van der Waals surface area contributed by atoms with Crippen molar-refractivity contribution in [1.82, 2.24) is 4.90 Å². The molecule has 1 aliphatic heterocycles. The normalized spacial score (nSPS) is 27.6. The number of hydrogen-bond donors (Lipinski definition) is 0. The highest BCUT2D eigenvalue weighted by Gasteiger charge is 2.13. The van der Waals surface area contributed by atoms with Crippen LogP contribution in [0.2, 0.25) is 0 Å². The van der Waals surface area contributed by atoms with Gasteiger partial charge in [-0.2, -0.15) is 0 Å². The molecule has 0 amide bonds. The standard InChI is InChI=1S/C8H17N.ClH/c1-3-9-6-4-5-8(2)7-9;/h8H,3-7H2,1-2H3;1H. The van der Waals surface area contributed by atoms with Gasteiger partial charge in [0.2, 0.25) is 0 Å². The lowest BCUT2D eigenvalue weighted by Crippen LogP contribution is -2.33. The van der Waals surface area contributed by atoms with Gasteiger partial charge in [-0.1, -0.05) is 13.8 Å². The molecule has 1 unspecified atom stereocenters. The first-order valence-electron chi connectivity index (χ1n) is 4.05. The summed E-state index contributed by atoms with van der Waals surface area (Å²) in [5.41, 5.74) is 0. The zero-order valence-electron chi connectivity index (χ0n) is 6.97. The van der Waals surface area contributed by atoms with Crippen molar-refractivity contribution in [2.45, 2.75) is 26.7 Å². The molecule has 1 rings (SSSR count). The molecule has 1 heterocycles. The molecule has 0 saturated carbocycles. The van der Waals surface area contributed by atoms with Crippen molar-refractivity contribution in [2.75, 3.05) is 19.6 Å². The Morgan fingerprint density at radius 1 is 1.50 bits per heavy atom. The Balaban J connectivity index is 0.000000810. The van der Waals surface area contributed by atoms with Gasteiger partial charge in [0.1, 0.15) is 0 Å². The third-order valence-corrected chi connectivity index (χ3v) is 2.19. The van der Waals surface area contributed by atoms with Crippen LogP contribution in [-0.4, -0.2) is 24.5 Å². The van der Waals surface area contributed by atoms with Crippen LogP contribution in [0, 0.1) is 5.92 Å². The summed E-state index contributed by atoms with van der Waals surface area (Å²) in [5.74, 6) is 0.943. The molecule has 62 valence electrons. The molecule has 0 N–H and O–H groups in total. The van der Waals surface area contributed by atoms with Gasteiger partial charge in [-0.3, -0.25) is 0 Å². The van der Waals surface area contributed by atoms with Gasteiger partial charge in [0.05, 0.1) is 0 Å². The van der Waals surface area contributed by atoms with E-state index < -0.39 is 0 Å². The molecule has 2 heteroatoms. The third-order valence-electron chi connectivity index (χ3n) is 2.19. The van der Waals surface area contributed by atoms with Crippen molar-refractivity contribution in [2.24, 2.45) is 5.92 Å². The molecule has 1 saturated heterocycles. The number of hydrogen-bond acceptors (Lipinski definition) is 1. The molecular formula is C8H18ClN. The first-order chi connectivity index (χ1) is 4.33. The second kappa shape index (κ2) is 4.97. The van der Waals surface area contributed by atoms with Gasteiger partial charge in [0.25, 0.3) is 0 Å². The SMILES string of the molecule is CCN1CCCC(C)C1.Cl. The quantitative estimate of drug-likeness (QED) is 0.573. The lowest BCUT2D eigenvalue weighted by molar-refractivity contribution is 0.192. The molecule has 0 aromatic rings. The smallest absolute Gasteiger partial charge is 0.000691 e. The fourth-order valence-corrected chi connectivity index (χ4v) is 1.57. The molecule has 1 nitrogen and oxygen atoms in total. The maximum atomic E-state index is 2.54. The number of halogens is 1. The maximum absolute atomic E-state index is 2.54. The first-order valence-corrected chi connectivity index (χ1v) is 4.05. The van der Waals surface area contributed by atoms with E-state index in [1.165, 1.54) is 32.5 Å². The summed E-state index contributed by atoms with van der Waals surface area (Å²) in [6.07, 6.45) is 2.85. The van der Waals surface area contributed by atoms with Crippen molar-refractivity contribution in [1.29, 1.82) is 0 Å². The molecule has 1 atom stereocenters. The van der Waals surface area contributed by atoms with Gasteiger partial charge >= 0.3 is 0 Å². The topological polar surface area (TPSA) is 3.24 Å². The lowest BCUT2D eigenvalue weighted by Gasteiger charge is -2.29. The maximum Gasteiger partial charge on any atom is 0.000691 e. The molecule has 10 heavy (non-hydrogen) atoms. The second-order valence-corrected chi connectivity index (χ2v) is 3.14. The number of rotatable bonds is 1. The highest BCUT2D eigenvalue weighted by molar-refractivity contribution is 5.85. The molecule has 0 aliphatic carbocycles. The van der Waals surface area contributed by atoms with Gasteiger partial charge in [0.15, 0.2) is 0 Å². The van der Waals surface area contributed by atoms with E-state index in [9.17, 15) is 0 Å². The highest BCUT2D eigenvalue weighted by Crippen LogP contribution is 2.14. The molecular weight excluding hydrogens is 146 g/mol. The molecule has 1 aliphatic rings. The van der Waals surface area contributed by atoms with E-state index in [-0.39, 0.29) is 12.4 Å². The Morgan fingerprint density at radius 3 is 2.60 bits per heavy atom. The molecule has 1 fully saturated rings. The van der Waals surface area contributed by atoms with E-state index >= 15 is 0 Å². The predicted octanol–water partition coefficient (Wildman–Crippen LogP) is 2.16. The minimum Gasteiger partial charge on any atom is -0.303 e. The van der Waals surface area contributed by atoms with Crippen LogP contribution in [0.15, 0.2) is 0 Å². The Labute approximate surface area is 70.2 Å². The molecule has 0 aromatic carbocycles. The fraction of sp³-hybridized carbons (Fsp3) is 1.00. The van der Waals surface area contributed by atoms with Gasteiger partial charge in [-0.15, -0.1) is 12.4 Å². The second-order valence-electron chi connectivity index (χ2n) is 3.14. The summed E-state index contributed by atoms with van der Waals surface area (Å²) in [4.78, 5) is 2.54. The average molecular weight is 164 g/mol. The Kier molecular flexibility index (Phi) is 5.10. The lowest BCUT2D eigenvalue weighted by atomic mass is 10.0. The van der Waals surface area contributed by atoms with E-state index in [0.29, 0.717) is 0 Å². The van der Waals surface area contributed by atoms with E-state index in [1.807, 2.05) is 0 Å². The van der Waals surface area contributed by atoms with Crippen LogP contribution in [0.3, 0.4) is 0 Å². The van der Waals surface area contributed by atoms with Gasteiger partial charge in [-0.25, -0.2) is 0 Å². The number of nitrogens with zero attached hydrogens (tertiary/aromatic N) is 1. The summed E-state index contributed by atoms with van der Waals surface area (Å²) in [6.45, 7) is 8.50. The van der Waals surface area contributed by atoms with Gasteiger partial charge in [-0.05, 0) is 31.8 Å². The van der Waals surface area contributed by atoms with E-state index in [0.717, 1.165) is 5.92 Å². The molecule has 0 aromatic heterocycles. The Morgan fingerprint density at radius 2 is 2.20 bits per heavy atom. The molecule has 0 radical (unpaired) electrons. The largest absolute Gasteiger partial charge is 0.303 e. The zero-order chi connectivity index (χ0) is 6.69. The molecule has 0 spiro atoms. The minimum absolute atomic E-state index is 0. The third kappa shape index (κ3) is 2.89. The fourth-order valence-electron chi connectivity index (χ4n) is 1.57. The van der Waals surface area contributed by atoms with Crippen LogP contribution >= 0.6 is 12.4 Å².